The van der Waals surface area contributed by atoms with Gasteiger partial charge in [0.05, 0.1) is 12.7 Å². The van der Waals surface area contributed by atoms with E-state index in [4.69, 9.17) is 5.73 Å². The highest BCUT2D eigenvalue weighted by Crippen LogP contribution is 2.34. The Balaban J connectivity index is 2.27. The number of amides is 2. The van der Waals surface area contributed by atoms with Gasteiger partial charge < -0.3 is 15.8 Å². The van der Waals surface area contributed by atoms with Crippen LogP contribution in [0.5, 0.6) is 0 Å². The maximum atomic E-state index is 11.9. The van der Waals surface area contributed by atoms with Crippen LogP contribution in [0.3, 0.4) is 0 Å². The monoisotopic (exact) mass is 346 g/mol. The fourth-order valence-corrected chi connectivity index (χ4v) is 3.53. The van der Waals surface area contributed by atoms with Crippen molar-refractivity contribution >= 4 is 34.1 Å². The van der Waals surface area contributed by atoms with Crippen molar-refractivity contribution in [2.75, 3.05) is 12.4 Å². The summed E-state index contributed by atoms with van der Waals surface area (Å²) >= 11 is 1.29. The predicted molar refractivity (Wildman–Crippen MR) is 92.1 cm³/mol. The van der Waals surface area contributed by atoms with Crippen LogP contribution >= 0.6 is 11.3 Å². The van der Waals surface area contributed by atoms with Crippen LogP contribution in [0.2, 0.25) is 0 Å². The van der Waals surface area contributed by atoms with Gasteiger partial charge in [0, 0.05) is 11.3 Å². The molecule has 2 rings (SSSR count). The highest BCUT2D eigenvalue weighted by Gasteiger charge is 2.21. The number of anilines is 1. The molecule has 0 fully saturated rings. The molecule has 0 aliphatic heterocycles. The van der Waals surface area contributed by atoms with Crippen molar-refractivity contribution in [2.24, 2.45) is 5.73 Å². The van der Waals surface area contributed by atoms with Crippen LogP contribution in [0.1, 0.15) is 32.8 Å². The van der Waals surface area contributed by atoms with E-state index >= 15 is 0 Å². The van der Waals surface area contributed by atoms with Crippen molar-refractivity contribution in [2.45, 2.75) is 19.8 Å². The van der Waals surface area contributed by atoms with E-state index in [0.29, 0.717) is 11.4 Å². The SMILES string of the molecule is COC(=O)CC(=O)Nc1sc(Cc2ccccc2)c(C)c1C(N)=O. The zero-order chi connectivity index (χ0) is 17.7. The van der Waals surface area contributed by atoms with Crippen LogP contribution in [0.15, 0.2) is 30.3 Å². The summed E-state index contributed by atoms with van der Waals surface area (Å²) in [4.78, 5) is 35.7. The lowest BCUT2D eigenvalue weighted by Crippen LogP contribution is -2.20. The molecular weight excluding hydrogens is 328 g/mol. The number of esters is 1. The molecule has 1 heterocycles. The van der Waals surface area contributed by atoms with E-state index in [1.165, 1.54) is 18.4 Å². The maximum absolute atomic E-state index is 11.9. The van der Waals surface area contributed by atoms with Gasteiger partial charge in [-0.05, 0) is 18.1 Å². The maximum Gasteiger partial charge on any atom is 0.315 e. The first-order valence-electron chi connectivity index (χ1n) is 7.25. The minimum atomic E-state index is -0.647. The predicted octanol–water partition coefficient (Wildman–Crippen LogP) is 2.25. The number of thiophene rings is 1. The van der Waals surface area contributed by atoms with E-state index in [0.717, 1.165) is 16.0 Å². The fraction of sp³-hybridized carbons (Fsp3) is 0.235. The van der Waals surface area contributed by atoms with Gasteiger partial charge in [0.2, 0.25) is 5.91 Å². The number of methoxy groups -OCH3 is 1. The molecule has 126 valence electrons. The zero-order valence-corrected chi connectivity index (χ0v) is 14.2. The number of carbonyl (C=O) groups is 3. The van der Waals surface area contributed by atoms with E-state index in [2.05, 4.69) is 10.1 Å². The highest BCUT2D eigenvalue weighted by atomic mass is 32.1. The summed E-state index contributed by atoms with van der Waals surface area (Å²) in [6.07, 6.45) is 0.212. The van der Waals surface area contributed by atoms with Crippen LogP contribution in [-0.2, 0) is 20.7 Å². The molecular formula is C17H18N2O4S. The number of rotatable bonds is 6. The van der Waals surface area contributed by atoms with Gasteiger partial charge in [0.1, 0.15) is 11.4 Å². The molecule has 0 radical (unpaired) electrons. The molecule has 7 heteroatoms. The second kappa shape index (κ2) is 7.74. The third kappa shape index (κ3) is 4.20. The number of hydrogen-bond acceptors (Lipinski definition) is 5. The van der Waals surface area contributed by atoms with E-state index in [9.17, 15) is 14.4 Å². The van der Waals surface area contributed by atoms with Crippen molar-refractivity contribution < 1.29 is 19.1 Å². The molecule has 6 nitrogen and oxygen atoms in total. The Hall–Kier alpha value is -2.67. The smallest absolute Gasteiger partial charge is 0.315 e. The number of hydrogen-bond donors (Lipinski definition) is 2. The molecule has 24 heavy (non-hydrogen) atoms. The molecule has 3 N–H and O–H groups in total. The van der Waals surface area contributed by atoms with Crippen molar-refractivity contribution in [1.29, 1.82) is 0 Å². The Morgan fingerprint density at radius 1 is 1.21 bits per heavy atom. The van der Waals surface area contributed by atoms with E-state index in [1.54, 1.807) is 6.92 Å². The van der Waals surface area contributed by atoms with Crippen LogP contribution in [0.4, 0.5) is 5.00 Å². The third-order valence-corrected chi connectivity index (χ3v) is 4.69. The van der Waals surface area contributed by atoms with E-state index in [-0.39, 0.29) is 5.56 Å². The van der Waals surface area contributed by atoms with Gasteiger partial charge in [-0.15, -0.1) is 11.3 Å². The lowest BCUT2D eigenvalue weighted by Gasteiger charge is -2.04. The van der Waals surface area contributed by atoms with Crippen molar-refractivity contribution in [3.05, 3.63) is 51.9 Å². The molecule has 0 aliphatic carbocycles. The minimum Gasteiger partial charge on any atom is -0.469 e. The minimum absolute atomic E-state index is 0.282. The lowest BCUT2D eigenvalue weighted by molar-refractivity contribution is -0.142. The van der Waals surface area contributed by atoms with Gasteiger partial charge in [0.25, 0.3) is 5.91 Å². The van der Waals surface area contributed by atoms with Gasteiger partial charge in [-0.3, -0.25) is 14.4 Å². The number of nitrogens with two attached hydrogens (primary N) is 1. The molecule has 0 unspecified atom stereocenters. The summed E-state index contributed by atoms with van der Waals surface area (Å²) in [5, 5.41) is 2.94. The molecule has 2 aromatic rings. The van der Waals surface area contributed by atoms with Crippen LogP contribution < -0.4 is 11.1 Å². The van der Waals surface area contributed by atoms with Crippen LogP contribution in [0, 0.1) is 6.92 Å². The molecule has 0 atom stereocenters. The summed E-state index contributed by atoms with van der Waals surface area (Å²) in [6, 6.07) is 9.77. The number of benzene rings is 1. The van der Waals surface area contributed by atoms with Gasteiger partial charge >= 0.3 is 5.97 Å². The summed E-state index contributed by atoms with van der Waals surface area (Å²) in [5.41, 5.74) is 7.56. The van der Waals surface area contributed by atoms with Crippen molar-refractivity contribution in [1.82, 2.24) is 0 Å². The summed E-state index contributed by atoms with van der Waals surface area (Å²) < 4.78 is 4.46. The topological polar surface area (TPSA) is 98.5 Å². The normalized spacial score (nSPS) is 10.2. The molecule has 0 aliphatic rings. The Bertz CT molecular complexity index is 768. The van der Waals surface area contributed by atoms with Gasteiger partial charge in [-0.1, -0.05) is 30.3 Å². The Labute approximate surface area is 143 Å². The molecule has 0 spiro atoms. The first-order chi connectivity index (χ1) is 11.4. The highest BCUT2D eigenvalue weighted by molar-refractivity contribution is 7.17. The summed E-state index contributed by atoms with van der Waals surface area (Å²) in [6.45, 7) is 1.80. The summed E-state index contributed by atoms with van der Waals surface area (Å²) in [5.74, 6) is -1.81. The fourth-order valence-electron chi connectivity index (χ4n) is 2.27. The Morgan fingerprint density at radius 2 is 1.88 bits per heavy atom. The summed E-state index contributed by atoms with van der Waals surface area (Å²) in [7, 11) is 1.21. The van der Waals surface area contributed by atoms with Gasteiger partial charge in [-0.25, -0.2) is 0 Å². The number of carbonyl (C=O) groups excluding carboxylic acids is 3. The largest absolute Gasteiger partial charge is 0.469 e. The van der Waals surface area contributed by atoms with Crippen LogP contribution in [0.25, 0.3) is 0 Å². The van der Waals surface area contributed by atoms with Gasteiger partial charge in [0.15, 0.2) is 0 Å². The first kappa shape index (κ1) is 17.7. The second-order valence-corrected chi connectivity index (χ2v) is 6.29. The van der Waals surface area contributed by atoms with E-state index in [1.807, 2.05) is 30.3 Å². The van der Waals surface area contributed by atoms with Crippen molar-refractivity contribution in [3.8, 4) is 0 Å². The number of nitrogens with one attached hydrogen (secondary N) is 1. The average Bonchev–Trinajstić information content (AvgIpc) is 2.83. The quantitative estimate of drug-likeness (QED) is 0.619. The molecule has 0 saturated carbocycles. The van der Waals surface area contributed by atoms with Crippen LogP contribution in [-0.4, -0.2) is 24.9 Å². The molecule has 2 amide bonds. The Morgan fingerprint density at radius 3 is 2.46 bits per heavy atom. The van der Waals surface area contributed by atoms with Gasteiger partial charge in [-0.2, -0.15) is 0 Å². The lowest BCUT2D eigenvalue weighted by atomic mass is 10.1. The van der Waals surface area contributed by atoms with Crippen molar-refractivity contribution in [3.63, 3.8) is 0 Å². The second-order valence-electron chi connectivity index (χ2n) is 5.18. The standard InChI is InChI=1S/C17H18N2O4S/c1-10-12(8-11-6-4-3-5-7-11)24-17(15(10)16(18)22)19-13(20)9-14(21)23-2/h3-7H,8-9H2,1-2H3,(H2,18,22)(H,19,20). The molecule has 1 aromatic carbocycles. The molecule has 0 bridgehead atoms. The Kier molecular flexibility index (Phi) is 5.70. The number of ether oxygens (including phenoxy) is 1. The number of primary amides is 1. The first-order valence-corrected chi connectivity index (χ1v) is 8.06. The zero-order valence-electron chi connectivity index (χ0n) is 13.4. The third-order valence-electron chi connectivity index (χ3n) is 3.49. The van der Waals surface area contributed by atoms with E-state index < -0.39 is 24.2 Å². The molecule has 1 aromatic heterocycles. The average molecular weight is 346 g/mol. The molecule has 0 saturated heterocycles.